The highest BCUT2D eigenvalue weighted by Crippen LogP contribution is 2.26. The van der Waals surface area contributed by atoms with E-state index in [0.29, 0.717) is 0 Å². The summed E-state index contributed by atoms with van der Waals surface area (Å²) in [6, 6.07) is 0. The molecule has 5 atom stereocenters. The number of rotatable bonds is 2. The summed E-state index contributed by atoms with van der Waals surface area (Å²) in [5.74, 6) is 0.0350. The number of hydrogen-bond acceptors (Lipinski definition) is 4. The highest BCUT2D eigenvalue weighted by atomic mass is 16.6. The van der Waals surface area contributed by atoms with Gasteiger partial charge in [0.05, 0.1) is 18.8 Å². The van der Waals surface area contributed by atoms with Gasteiger partial charge in [0.2, 0.25) is 0 Å². The number of aliphatic hydroxyl groups excluding tert-OH is 2. The van der Waals surface area contributed by atoms with E-state index in [1.165, 1.54) is 7.11 Å². The zero-order valence-corrected chi connectivity index (χ0v) is 8.30. The zero-order chi connectivity index (χ0) is 10.0. The zero-order valence-electron chi connectivity index (χ0n) is 8.30. The molecule has 1 aliphatic rings. The molecule has 0 amide bonds. The smallest absolute Gasteiger partial charge is 0.112 e. The van der Waals surface area contributed by atoms with Gasteiger partial charge in [0, 0.05) is 13.0 Å². The first-order chi connectivity index (χ1) is 6.11. The van der Waals surface area contributed by atoms with Crippen molar-refractivity contribution < 1.29 is 19.7 Å². The molecule has 78 valence electrons. The quantitative estimate of drug-likeness (QED) is 0.632. The molecule has 0 saturated carbocycles. The van der Waals surface area contributed by atoms with E-state index in [-0.39, 0.29) is 18.6 Å². The van der Waals surface area contributed by atoms with Gasteiger partial charge in [-0.3, -0.25) is 0 Å². The van der Waals surface area contributed by atoms with Crippen molar-refractivity contribution >= 4 is 0 Å². The van der Waals surface area contributed by atoms with Crippen molar-refractivity contribution in [3.63, 3.8) is 0 Å². The van der Waals surface area contributed by atoms with Crippen LogP contribution in [0.2, 0.25) is 0 Å². The molecule has 4 nitrogen and oxygen atoms in total. The summed E-state index contributed by atoms with van der Waals surface area (Å²) in [6.45, 7) is 3.68. The van der Waals surface area contributed by atoms with Gasteiger partial charge in [-0.05, 0) is 6.92 Å². The average molecular weight is 190 g/mol. The van der Waals surface area contributed by atoms with Crippen LogP contribution < -0.4 is 0 Å². The Bertz CT molecular complexity index is 160. The van der Waals surface area contributed by atoms with Gasteiger partial charge >= 0.3 is 0 Å². The number of ether oxygens (including phenoxy) is 2. The lowest BCUT2D eigenvalue weighted by Gasteiger charge is -2.41. The molecule has 0 spiro atoms. The summed E-state index contributed by atoms with van der Waals surface area (Å²) in [6.07, 6.45) is -1.44. The van der Waals surface area contributed by atoms with E-state index in [9.17, 15) is 5.11 Å². The lowest BCUT2D eigenvalue weighted by molar-refractivity contribution is -0.208. The van der Waals surface area contributed by atoms with Crippen LogP contribution in [0.3, 0.4) is 0 Å². The SMILES string of the molecule is CO[C@H]1C(CO)OC(C)[C@H](C)[C@H]1O. The predicted molar refractivity (Wildman–Crippen MR) is 47.4 cm³/mol. The van der Waals surface area contributed by atoms with Crippen molar-refractivity contribution in [1.29, 1.82) is 0 Å². The van der Waals surface area contributed by atoms with Crippen molar-refractivity contribution in [3.8, 4) is 0 Å². The van der Waals surface area contributed by atoms with Gasteiger partial charge in [0.1, 0.15) is 12.2 Å². The molecule has 0 bridgehead atoms. The van der Waals surface area contributed by atoms with Gasteiger partial charge in [0.25, 0.3) is 0 Å². The summed E-state index contributed by atoms with van der Waals surface area (Å²) in [7, 11) is 1.52. The Morgan fingerprint density at radius 3 is 2.46 bits per heavy atom. The monoisotopic (exact) mass is 190 g/mol. The lowest BCUT2D eigenvalue weighted by atomic mass is 9.89. The van der Waals surface area contributed by atoms with E-state index in [4.69, 9.17) is 14.6 Å². The molecule has 1 fully saturated rings. The molecule has 0 aliphatic carbocycles. The third-order valence-corrected chi connectivity index (χ3v) is 2.82. The fourth-order valence-corrected chi connectivity index (χ4v) is 1.71. The molecular weight excluding hydrogens is 172 g/mol. The third kappa shape index (κ3) is 2.02. The second kappa shape index (κ2) is 4.37. The first-order valence-corrected chi connectivity index (χ1v) is 4.59. The van der Waals surface area contributed by atoms with E-state index in [1.807, 2.05) is 13.8 Å². The minimum Gasteiger partial charge on any atom is -0.394 e. The van der Waals surface area contributed by atoms with Crippen LogP contribution in [0.4, 0.5) is 0 Å². The number of aliphatic hydroxyl groups is 2. The molecule has 1 heterocycles. The maximum Gasteiger partial charge on any atom is 0.112 e. The molecule has 0 radical (unpaired) electrons. The van der Waals surface area contributed by atoms with Crippen LogP contribution in [0, 0.1) is 5.92 Å². The topological polar surface area (TPSA) is 58.9 Å². The molecule has 0 aromatic rings. The molecule has 0 aromatic heterocycles. The van der Waals surface area contributed by atoms with E-state index in [1.54, 1.807) is 0 Å². The third-order valence-electron chi connectivity index (χ3n) is 2.82. The molecule has 1 rings (SSSR count). The Morgan fingerprint density at radius 1 is 1.38 bits per heavy atom. The Morgan fingerprint density at radius 2 is 2.00 bits per heavy atom. The number of hydrogen-bond donors (Lipinski definition) is 2. The summed E-state index contributed by atoms with van der Waals surface area (Å²) >= 11 is 0. The minimum atomic E-state index is -0.564. The number of methoxy groups -OCH3 is 1. The van der Waals surface area contributed by atoms with Crippen LogP contribution >= 0.6 is 0 Å². The van der Waals surface area contributed by atoms with Crippen LogP contribution in [0.1, 0.15) is 13.8 Å². The fraction of sp³-hybridized carbons (Fsp3) is 1.00. The standard InChI is InChI=1S/C9H18O4/c1-5-6(2)13-7(4-10)9(12-3)8(5)11/h5-11H,4H2,1-3H3/t5-,6?,7?,8+,9-/m0/s1. The first kappa shape index (κ1) is 10.9. The maximum atomic E-state index is 9.79. The predicted octanol–water partition coefficient (Wildman–Crippen LogP) is -0.222. The maximum absolute atomic E-state index is 9.79. The normalized spacial score (nSPS) is 46.4. The van der Waals surface area contributed by atoms with Gasteiger partial charge in [-0.2, -0.15) is 0 Å². The summed E-state index contributed by atoms with van der Waals surface area (Å²) in [5, 5.41) is 18.8. The van der Waals surface area contributed by atoms with Crippen LogP contribution in [-0.4, -0.2) is 48.3 Å². The van der Waals surface area contributed by atoms with Crippen molar-refractivity contribution in [1.82, 2.24) is 0 Å². The molecule has 1 aliphatic heterocycles. The van der Waals surface area contributed by atoms with Crippen molar-refractivity contribution in [2.75, 3.05) is 13.7 Å². The molecule has 0 aromatic carbocycles. The van der Waals surface area contributed by atoms with E-state index >= 15 is 0 Å². The summed E-state index contributed by atoms with van der Waals surface area (Å²) < 4.78 is 10.6. The van der Waals surface area contributed by atoms with Gasteiger partial charge in [-0.1, -0.05) is 6.92 Å². The largest absolute Gasteiger partial charge is 0.394 e. The fourth-order valence-electron chi connectivity index (χ4n) is 1.71. The molecular formula is C9H18O4. The minimum absolute atomic E-state index is 0.0350. The Labute approximate surface area is 78.5 Å². The van der Waals surface area contributed by atoms with Gasteiger partial charge in [0.15, 0.2) is 0 Å². The van der Waals surface area contributed by atoms with Crippen molar-refractivity contribution in [2.45, 2.75) is 38.3 Å². The molecule has 13 heavy (non-hydrogen) atoms. The highest BCUT2D eigenvalue weighted by molar-refractivity contribution is 4.89. The van der Waals surface area contributed by atoms with Crippen LogP contribution in [-0.2, 0) is 9.47 Å². The van der Waals surface area contributed by atoms with Crippen molar-refractivity contribution in [3.05, 3.63) is 0 Å². The molecule has 4 heteroatoms. The van der Waals surface area contributed by atoms with Gasteiger partial charge in [-0.25, -0.2) is 0 Å². The molecule has 2 unspecified atom stereocenters. The van der Waals surface area contributed by atoms with Crippen LogP contribution in [0.15, 0.2) is 0 Å². The second-order valence-corrected chi connectivity index (χ2v) is 3.61. The highest BCUT2D eigenvalue weighted by Gasteiger charge is 2.40. The summed E-state index contributed by atoms with van der Waals surface area (Å²) in [4.78, 5) is 0. The van der Waals surface area contributed by atoms with E-state index in [2.05, 4.69) is 0 Å². The van der Waals surface area contributed by atoms with Crippen LogP contribution in [0.25, 0.3) is 0 Å². The first-order valence-electron chi connectivity index (χ1n) is 4.59. The van der Waals surface area contributed by atoms with Gasteiger partial charge < -0.3 is 19.7 Å². The molecule has 2 N–H and O–H groups in total. The van der Waals surface area contributed by atoms with Crippen LogP contribution in [0.5, 0.6) is 0 Å². The molecule has 1 saturated heterocycles. The second-order valence-electron chi connectivity index (χ2n) is 3.61. The van der Waals surface area contributed by atoms with E-state index in [0.717, 1.165) is 0 Å². The van der Waals surface area contributed by atoms with E-state index < -0.39 is 18.3 Å². The lowest BCUT2D eigenvalue weighted by Crippen LogP contribution is -2.54. The average Bonchev–Trinajstić information content (AvgIpc) is 2.13. The summed E-state index contributed by atoms with van der Waals surface area (Å²) in [5.41, 5.74) is 0. The van der Waals surface area contributed by atoms with Crippen molar-refractivity contribution in [2.24, 2.45) is 5.92 Å². The Kier molecular flexibility index (Phi) is 3.67. The Hall–Kier alpha value is -0.160. The Balaban J connectivity index is 2.69. The van der Waals surface area contributed by atoms with Gasteiger partial charge in [-0.15, -0.1) is 0 Å².